The third kappa shape index (κ3) is 5.64. The SMILES string of the molecule is COC(=O)C(Cn1cccnc1=O)NC(=O)OC(C)(C)C. The van der Waals surface area contributed by atoms with E-state index in [1.165, 1.54) is 24.1 Å². The van der Waals surface area contributed by atoms with Gasteiger partial charge in [0.05, 0.1) is 13.7 Å². The lowest BCUT2D eigenvalue weighted by molar-refractivity contribution is -0.143. The number of carbonyl (C=O) groups is 2. The zero-order valence-corrected chi connectivity index (χ0v) is 12.5. The summed E-state index contributed by atoms with van der Waals surface area (Å²) in [6.07, 6.45) is 2.03. The number of esters is 1. The molecule has 0 aliphatic heterocycles. The molecule has 0 spiro atoms. The summed E-state index contributed by atoms with van der Waals surface area (Å²) in [5.41, 5.74) is -1.23. The van der Waals surface area contributed by atoms with Gasteiger partial charge in [-0.2, -0.15) is 0 Å². The fraction of sp³-hybridized carbons (Fsp3) is 0.538. The number of alkyl carbamates (subject to hydrolysis) is 1. The van der Waals surface area contributed by atoms with Crippen molar-refractivity contribution in [1.82, 2.24) is 14.9 Å². The van der Waals surface area contributed by atoms with Gasteiger partial charge in [-0.1, -0.05) is 0 Å². The summed E-state index contributed by atoms with van der Waals surface area (Å²) in [5.74, 6) is -0.684. The molecule has 1 unspecified atom stereocenters. The predicted molar refractivity (Wildman–Crippen MR) is 73.7 cm³/mol. The van der Waals surface area contributed by atoms with Crippen LogP contribution in [0.1, 0.15) is 20.8 Å². The minimum atomic E-state index is -1.05. The van der Waals surface area contributed by atoms with E-state index < -0.39 is 29.4 Å². The molecule has 8 nitrogen and oxygen atoms in total. The zero-order chi connectivity index (χ0) is 16.0. The van der Waals surface area contributed by atoms with Crippen molar-refractivity contribution in [3.63, 3.8) is 0 Å². The number of nitrogens with zero attached hydrogens (tertiary/aromatic N) is 2. The molecule has 116 valence electrons. The van der Waals surface area contributed by atoms with E-state index in [1.807, 2.05) is 0 Å². The summed E-state index contributed by atoms with van der Waals surface area (Å²) in [7, 11) is 1.19. The molecule has 0 bridgehead atoms. The highest BCUT2D eigenvalue weighted by atomic mass is 16.6. The monoisotopic (exact) mass is 297 g/mol. The second-order valence-electron chi connectivity index (χ2n) is 5.28. The summed E-state index contributed by atoms with van der Waals surface area (Å²) < 4.78 is 10.9. The Balaban J connectivity index is 2.83. The van der Waals surface area contributed by atoms with E-state index in [-0.39, 0.29) is 6.54 Å². The minimum Gasteiger partial charge on any atom is -0.467 e. The third-order valence-corrected chi connectivity index (χ3v) is 2.34. The molecule has 0 aliphatic carbocycles. The van der Waals surface area contributed by atoms with Crippen LogP contribution in [0.2, 0.25) is 0 Å². The lowest BCUT2D eigenvalue weighted by Crippen LogP contribution is -2.47. The van der Waals surface area contributed by atoms with Crippen molar-refractivity contribution in [1.29, 1.82) is 0 Å². The van der Waals surface area contributed by atoms with Crippen molar-refractivity contribution in [2.24, 2.45) is 0 Å². The fourth-order valence-corrected chi connectivity index (χ4v) is 1.49. The summed E-state index contributed by atoms with van der Waals surface area (Å²) in [5, 5.41) is 2.38. The molecule has 0 saturated carbocycles. The molecule has 1 aromatic rings. The summed E-state index contributed by atoms with van der Waals surface area (Å²) in [6, 6.07) is 0.496. The van der Waals surface area contributed by atoms with Gasteiger partial charge in [-0.3, -0.25) is 4.57 Å². The Hall–Kier alpha value is -2.38. The van der Waals surface area contributed by atoms with E-state index in [9.17, 15) is 14.4 Å². The highest BCUT2D eigenvalue weighted by Crippen LogP contribution is 2.07. The van der Waals surface area contributed by atoms with Crippen molar-refractivity contribution >= 4 is 12.1 Å². The van der Waals surface area contributed by atoms with Crippen LogP contribution in [0.15, 0.2) is 23.3 Å². The highest BCUT2D eigenvalue weighted by Gasteiger charge is 2.25. The van der Waals surface area contributed by atoms with Crippen molar-refractivity contribution in [3.8, 4) is 0 Å². The Kier molecular flexibility index (Phi) is 5.45. The molecule has 0 aromatic carbocycles. The number of rotatable bonds is 4. The van der Waals surface area contributed by atoms with Crippen molar-refractivity contribution in [2.75, 3.05) is 7.11 Å². The van der Waals surface area contributed by atoms with Gasteiger partial charge in [0.1, 0.15) is 11.6 Å². The van der Waals surface area contributed by atoms with Gasteiger partial charge < -0.3 is 14.8 Å². The number of amides is 1. The van der Waals surface area contributed by atoms with Crippen LogP contribution in [0, 0.1) is 0 Å². The molecule has 1 rings (SSSR count). The highest BCUT2D eigenvalue weighted by molar-refractivity contribution is 5.81. The van der Waals surface area contributed by atoms with Gasteiger partial charge in [-0.05, 0) is 26.8 Å². The van der Waals surface area contributed by atoms with Gasteiger partial charge in [0, 0.05) is 12.4 Å². The number of carbonyl (C=O) groups excluding carboxylic acids is 2. The maximum atomic E-state index is 11.7. The molecular formula is C13H19N3O5. The van der Waals surface area contributed by atoms with Crippen LogP contribution < -0.4 is 11.0 Å². The normalized spacial score (nSPS) is 12.4. The van der Waals surface area contributed by atoms with E-state index in [0.717, 1.165) is 0 Å². The molecule has 1 heterocycles. The van der Waals surface area contributed by atoms with E-state index in [1.54, 1.807) is 26.8 Å². The molecule has 0 saturated heterocycles. The molecule has 0 aliphatic rings. The Morgan fingerprint density at radius 2 is 2.10 bits per heavy atom. The maximum Gasteiger partial charge on any atom is 0.408 e. The van der Waals surface area contributed by atoms with E-state index in [4.69, 9.17) is 4.74 Å². The molecule has 0 radical (unpaired) electrons. The van der Waals surface area contributed by atoms with Gasteiger partial charge in [0.25, 0.3) is 0 Å². The van der Waals surface area contributed by atoms with Gasteiger partial charge in [0.15, 0.2) is 0 Å². The van der Waals surface area contributed by atoms with Crippen LogP contribution in [0.3, 0.4) is 0 Å². The Labute approximate surface area is 122 Å². The average molecular weight is 297 g/mol. The van der Waals surface area contributed by atoms with Crippen LogP contribution in [0.25, 0.3) is 0 Å². The molecule has 21 heavy (non-hydrogen) atoms. The summed E-state index contributed by atoms with van der Waals surface area (Å²) in [4.78, 5) is 38.5. The van der Waals surface area contributed by atoms with Gasteiger partial charge in [-0.15, -0.1) is 0 Å². The van der Waals surface area contributed by atoms with E-state index in [0.29, 0.717) is 0 Å². The predicted octanol–water partition coefficient (Wildman–Crippen LogP) is 0.310. The largest absolute Gasteiger partial charge is 0.467 e. The van der Waals surface area contributed by atoms with Gasteiger partial charge >= 0.3 is 17.8 Å². The number of hydrogen-bond donors (Lipinski definition) is 1. The van der Waals surface area contributed by atoms with Crippen LogP contribution >= 0.6 is 0 Å². The quantitative estimate of drug-likeness (QED) is 0.803. The van der Waals surface area contributed by atoms with E-state index in [2.05, 4.69) is 15.0 Å². The number of nitrogens with one attached hydrogen (secondary N) is 1. The minimum absolute atomic E-state index is 0.0986. The molecular weight excluding hydrogens is 278 g/mol. The Bertz CT molecular complexity index is 561. The zero-order valence-electron chi connectivity index (χ0n) is 12.5. The third-order valence-electron chi connectivity index (χ3n) is 2.34. The van der Waals surface area contributed by atoms with Gasteiger partial charge in [0.2, 0.25) is 0 Å². The van der Waals surface area contributed by atoms with Gasteiger partial charge in [-0.25, -0.2) is 19.4 Å². The fourth-order valence-electron chi connectivity index (χ4n) is 1.49. The summed E-state index contributed by atoms with van der Waals surface area (Å²) >= 11 is 0. The standard InChI is InChI=1S/C13H19N3O5/c1-13(2,3)21-12(19)15-9(10(17)20-4)8-16-7-5-6-14-11(16)18/h5-7,9H,8H2,1-4H3,(H,15,19). The maximum absolute atomic E-state index is 11.7. The van der Waals surface area contributed by atoms with E-state index >= 15 is 0 Å². The topological polar surface area (TPSA) is 99.5 Å². The van der Waals surface area contributed by atoms with Crippen molar-refractivity contribution < 1.29 is 19.1 Å². The van der Waals surface area contributed by atoms with Crippen LogP contribution in [0.4, 0.5) is 4.79 Å². The van der Waals surface area contributed by atoms with Crippen LogP contribution in [0.5, 0.6) is 0 Å². The first-order valence-corrected chi connectivity index (χ1v) is 6.32. The van der Waals surface area contributed by atoms with Crippen molar-refractivity contribution in [2.45, 2.75) is 39.0 Å². The number of methoxy groups -OCH3 is 1. The lowest BCUT2D eigenvalue weighted by Gasteiger charge is -2.22. The molecule has 0 fully saturated rings. The summed E-state index contributed by atoms with van der Waals surface area (Å²) in [6.45, 7) is 5.00. The second-order valence-corrected chi connectivity index (χ2v) is 5.28. The van der Waals surface area contributed by atoms with Crippen LogP contribution in [-0.4, -0.2) is 40.4 Å². The molecule has 1 atom stereocenters. The molecule has 8 heteroatoms. The number of ether oxygens (including phenoxy) is 2. The number of hydrogen-bond acceptors (Lipinski definition) is 6. The second kappa shape index (κ2) is 6.87. The Morgan fingerprint density at radius 3 is 2.62 bits per heavy atom. The number of aromatic nitrogens is 2. The first-order chi connectivity index (χ1) is 9.73. The molecule has 1 amide bonds. The lowest BCUT2D eigenvalue weighted by atomic mass is 10.2. The smallest absolute Gasteiger partial charge is 0.408 e. The molecule has 1 aromatic heterocycles. The van der Waals surface area contributed by atoms with Crippen LogP contribution in [-0.2, 0) is 20.8 Å². The Morgan fingerprint density at radius 1 is 1.43 bits per heavy atom. The average Bonchev–Trinajstić information content (AvgIpc) is 2.37. The molecule has 1 N–H and O–H groups in total. The first-order valence-electron chi connectivity index (χ1n) is 6.32. The van der Waals surface area contributed by atoms with Crippen molar-refractivity contribution in [3.05, 3.63) is 28.9 Å². The first kappa shape index (κ1) is 16.7.